The van der Waals surface area contributed by atoms with Crippen molar-refractivity contribution in [2.24, 2.45) is 0 Å². The van der Waals surface area contributed by atoms with Crippen molar-refractivity contribution in [1.29, 1.82) is 0 Å². The molecule has 4 rings (SSSR count). The molecule has 1 aromatic heterocycles. The van der Waals surface area contributed by atoms with E-state index in [0.29, 0.717) is 13.1 Å². The third kappa shape index (κ3) is 5.07. The highest BCUT2D eigenvalue weighted by Gasteiger charge is 2.30. The number of ether oxygens (including phenoxy) is 1. The van der Waals surface area contributed by atoms with Gasteiger partial charge in [-0.2, -0.15) is 0 Å². The summed E-state index contributed by atoms with van der Waals surface area (Å²) in [6, 6.07) is 13.8. The number of piperidine rings is 1. The van der Waals surface area contributed by atoms with Crippen molar-refractivity contribution >= 4 is 17.7 Å². The van der Waals surface area contributed by atoms with Gasteiger partial charge < -0.3 is 9.64 Å². The predicted molar refractivity (Wildman–Crippen MR) is 113 cm³/mol. The first-order valence-corrected chi connectivity index (χ1v) is 10.4. The van der Waals surface area contributed by atoms with E-state index >= 15 is 0 Å². The Kier molecular flexibility index (Phi) is 6.44. The quantitative estimate of drug-likeness (QED) is 0.814. The second-order valence-corrected chi connectivity index (χ2v) is 7.60. The van der Waals surface area contributed by atoms with Crippen LogP contribution in [0.25, 0.3) is 0 Å². The lowest BCUT2D eigenvalue weighted by Crippen LogP contribution is -2.60. The van der Waals surface area contributed by atoms with E-state index in [4.69, 9.17) is 4.74 Å². The average Bonchev–Trinajstić information content (AvgIpc) is 2.80. The van der Waals surface area contributed by atoms with Crippen LogP contribution in [0.4, 0.5) is 10.5 Å². The van der Waals surface area contributed by atoms with Crippen LogP contribution in [0.15, 0.2) is 54.9 Å². The molecule has 3 heterocycles. The van der Waals surface area contributed by atoms with E-state index < -0.39 is 6.09 Å². The van der Waals surface area contributed by atoms with Gasteiger partial charge in [0.25, 0.3) is 5.91 Å². The van der Waals surface area contributed by atoms with E-state index in [9.17, 15) is 9.59 Å². The molecule has 0 spiro atoms. The molecule has 158 valence electrons. The van der Waals surface area contributed by atoms with E-state index in [2.05, 4.69) is 15.3 Å². The Bertz CT molecular complexity index is 840. The maximum absolute atomic E-state index is 12.5. The summed E-state index contributed by atoms with van der Waals surface area (Å²) < 4.78 is 5.34. The summed E-state index contributed by atoms with van der Waals surface area (Å²) in [6.07, 6.45) is 5.08. The maximum atomic E-state index is 12.5. The van der Waals surface area contributed by atoms with Gasteiger partial charge in [0.1, 0.15) is 13.2 Å². The number of amides is 2. The number of nitrogens with zero attached hydrogens (tertiary/aromatic N) is 4. The first-order valence-electron chi connectivity index (χ1n) is 10.4. The number of nitrogens with one attached hydrogen (secondary N) is 1. The minimum atomic E-state index is -0.447. The number of carbonyl (C=O) groups is 2. The van der Waals surface area contributed by atoms with Gasteiger partial charge in [-0.25, -0.2) is 10.2 Å². The van der Waals surface area contributed by atoms with Gasteiger partial charge in [-0.3, -0.25) is 19.7 Å². The Hall–Kier alpha value is -3.13. The summed E-state index contributed by atoms with van der Waals surface area (Å²) in [5.74, 6) is -0.102. The van der Waals surface area contributed by atoms with Gasteiger partial charge in [-0.1, -0.05) is 30.3 Å². The van der Waals surface area contributed by atoms with Gasteiger partial charge in [0.15, 0.2) is 0 Å². The van der Waals surface area contributed by atoms with Crippen molar-refractivity contribution < 1.29 is 14.3 Å². The second kappa shape index (κ2) is 9.58. The van der Waals surface area contributed by atoms with Crippen LogP contribution in [0.5, 0.6) is 0 Å². The molecule has 0 atom stereocenters. The zero-order chi connectivity index (χ0) is 20.8. The van der Waals surface area contributed by atoms with E-state index in [0.717, 1.165) is 31.5 Å². The maximum Gasteiger partial charge on any atom is 0.410 e. The molecule has 2 aromatic rings. The van der Waals surface area contributed by atoms with Crippen LogP contribution < -0.4 is 10.3 Å². The number of aromatic nitrogens is 1. The van der Waals surface area contributed by atoms with Gasteiger partial charge in [-0.15, -0.1) is 0 Å². The van der Waals surface area contributed by atoms with Crippen LogP contribution >= 0.6 is 0 Å². The van der Waals surface area contributed by atoms with Crippen LogP contribution in [-0.2, 0) is 16.1 Å². The molecule has 0 aliphatic carbocycles. The third-order valence-corrected chi connectivity index (χ3v) is 5.55. The number of benzene rings is 1. The molecule has 0 radical (unpaired) electrons. The molecule has 1 aromatic carbocycles. The second-order valence-electron chi connectivity index (χ2n) is 7.60. The zero-order valence-corrected chi connectivity index (χ0v) is 16.9. The first-order chi connectivity index (χ1) is 14.7. The van der Waals surface area contributed by atoms with Gasteiger partial charge in [0.05, 0.1) is 6.54 Å². The number of anilines is 1. The SMILES string of the molecule is O=C(OCc1ccccc1)N1CCN(NC2CCN(c3ccncc3)CC2)C(=O)C1. The highest BCUT2D eigenvalue weighted by atomic mass is 16.6. The smallest absolute Gasteiger partial charge is 0.410 e. The number of pyridine rings is 1. The number of hydrogen-bond acceptors (Lipinski definition) is 6. The molecular weight excluding hydrogens is 382 g/mol. The van der Waals surface area contributed by atoms with Crippen LogP contribution in [-0.4, -0.2) is 65.7 Å². The standard InChI is InChI=1S/C22H27N5O3/c28-21-16-26(22(29)30-17-18-4-2-1-3-5-18)14-15-27(21)24-19-8-12-25(13-9-19)20-6-10-23-11-7-20/h1-7,10-11,19,24H,8-9,12-17H2. The lowest BCUT2D eigenvalue weighted by Gasteiger charge is -2.39. The van der Waals surface area contributed by atoms with Crippen LogP contribution in [0.1, 0.15) is 18.4 Å². The van der Waals surface area contributed by atoms with E-state index in [1.165, 1.54) is 10.6 Å². The number of hydrogen-bond donors (Lipinski definition) is 1. The summed E-state index contributed by atoms with van der Waals surface area (Å²) in [5.41, 5.74) is 5.47. The van der Waals surface area contributed by atoms with Crippen molar-refractivity contribution in [3.8, 4) is 0 Å². The molecule has 0 saturated carbocycles. The van der Waals surface area contributed by atoms with Crippen molar-refractivity contribution in [1.82, 2.24) is 20.3 Å². The van der Waals surface area contributed by atoms with Gasteiger partial charge in [0, 0.05) is 43.8 Å². The molecule has 0 unspecified atom stereocenters. The zero-order valence-electron chi connectivity index (χ0n) is 16.9. The van der Waals surface area contributed by atoms with Gasteiger partial charge in [0.2, 0.25) is 0 Å². The Labute approximate surface area is 176 Å². The number of hydrazine groups is 1. The minimum absolute atomic E-state index is 0.0382. The molecular formula is C22H27N5O3. The number of rotatable bonds is 5. The first kappa shape index (κ1) is 20.2. The summed E-state index contributed by atoms with van der Waals surface area (Å²) in [7, 11) is 0. The van der Waals surface area contributed by atoms with Gasteiger partial charge >= 0.3 is 6.09 Å². The monoisotopic (exact) mass is 409 g/mol. The Morgan fingerprint density at radius 2 is 1.77 bits per heavy atom. The van der Waals surface area contributed by atoms with Crippen molar-refractivity contribution in [3.05, 3.63) is 60.4 Å². The lowest BCUT2D eigenvalue weighted by atomic mass is 10.1. The summed E-state index contributed by atoms with van der Waals surface area (Å²) in [5, 5.41) is 1.66. The molecule has 8 nitrogen and oxygen atoms in total. The fourth-order valence-corrected chi connectivity index (χ4v) is 3.82. The van der Waals surface area contributed by atoms with Gasteiger partial charge in [-0.05, 0) is 30.5 Å². The normalized spacial score (nSPS) is 17.9. The molecule has 2 amide bonds. The molecule has 1 N–H and O–H groups in total. The minimum Gasteiger partial charge on any atom is -0.445 e. The van der Waals surface area contributed by atoms with E-state index in [1.807, 2.05) is 54.9 Å². The highest BCUT2D eigenvalue weighted by molar-refractivity contribution is 5.83. The van der Waals surface area contributed by atoms with Crippen LogP contribution in [0, 0.1) is 0 Å². The summed E-state index contributed by atoms with van der Waals surface area (Å²) >= 11 is 0. The lowest BCUT2D eigenvalue weighted by molar-refractivity contribution is -0.140. The Morgan fingerprint density at radius 3 is 2.47 bits per heavy atom. The largest absolute Gasteiger partial charge is 0.445 e. The third-order valence-electron chi connectivity index (χ3n) is 5.55. The predicted octanol–water partition coefficient (Wildman–Crippen LogP) is 2.04. The average molecular weight is 409 g/mol. The summed E-state index contributed by atoms with van der Waals surface area (Å²) in [4.78, 5) is 32.7. The van der Waals surface area contributed by atoms with Crippen LogP contribution in [0.2, 0.25) is 0 Å². The molecule has 0 bridgehead atoms. The number of piperazine rings is 1. The Morgan fingerprint density at radius 1 is 1.03 bits per heavy atom. The number of carbonyl (C=O) groups excluding carboxylic acids is 2. The topological polar surface area (TPSA) is 78.0 Å². The molecule has 2 aliphatic heterocycles. The van der Waals surface area contributed by atoms with Crippen LogP contribution in [0.3, 0.4) is 0 Å². The molecule has 8 heteroatoms. The fourth-order valence-electron chi connectivity index (χ4n) is 3.82. The summed E-state index contributed by atoms with van der Waals surface area (Å²) in [6.45, 7) is 3.04. The molecule has 2 fully saturated rings. The fraction of sp³-hybridized carbons (Fsp3) is 0.409. The highest BCUT2D eigenvalue weighted by Crippen LogP contribution is 2.19. The van der Waals surface area contributed by atoms with Crippen molar-refractivity contribution in [2.45, 2.75) is 25.5 Å². The van der Waals surface area contributed by atoms with E-state index in [-0.39, 0.29) is 25.1 Å². The Balaban J connectivity index is 1.20. The van der Waals surface area contributed by atoms with E-state index in [1.54, 1.807) is 5.01 Å². The van der Waals surface area contributed by atoms with Crippen molar-refractivity contribution in [2.75, 3.05) is 37.6 Å². The molecule has 30 heavy (non-hydrogen) atoms. The molecule has 2 aliphatic rings. The molecule has 2 saturated heterocycles. The van der Waals surface area contributed by atoms with Crippen molar-refractivity contribution in [3.63, 3.8) is 0 Å².